The Bertz CT molecular complexity index is 7950. The molecule has 0 spiro atoms. The smallest absolute Gasteiger partial charge is 0.335 e. The van der Waals surface area contributed by atoms with Crippen molar-refractivity contribution in [3.05, 3.63) is 421 Å². The number of hydrogen-bond acceptors (Lipinski definition) is 16. The van der Waals surface area contributed by atoms with Gasteiger partial charge in [-0.05, 0) is 169 Å². The summed E-state index contributed by atoms with van der Waals surface area (Å²) in [5, 5.41) is 0.188. The number of rotatable bonds is 18. The minimum Gasteiger partial charge on any atom is -0.421 e. The van der Waals surface area contributed by atoms with Gasteiger partial charge in [0.15, 0.2) is 11.5 Å². The molecule has 16 aromatic carbocycles. The Kier molecular flexibility index (Phi) is 18.4. The van der Waals surface area contributed by atoms with E-state index in [1.54, 1.807) is 50.2 Å². The Balaban J connectivity index is 0.581. The maximum atomic E-state index is 15.9. The van der Waals surface area contributed by atoms with Gasteiger partial charge in [-0.25, -0.2) is 49.1 Å². The maximum Gasteiger partial charge on any atom is 0.335 e. The molecule has 24 rings (SSSR count). The average molecular weight is 1790 g/mol. The van der Waals surface area contributed by atoms with E-state index < -0.39 is 64.6 Å². The van der Waals surface area contributed by atoms with Crippen molar-refractivity contribution in [2.24, 2.45) is 0 Å². The van der Waals surface area contributed by atoms with Crippen LogP contribution in [0.25, 0.3) is 134 Å². The summed E-state index contributed by atoms with van der Waals surface area (Å²) < 4.78 is 19.7. The molecule has 8 amide bonds. The molecule has 0 unspecified atom stereocenters. The van der Waals surface area contributed by atoms with Crippen molar-refractivity contribution in [3.63, 3.8) is 0 Å². The first-order valence-corrected chi connectivity index (χ1v) is 43.9. The van der Waals surface area contributed by atoms with Crippen LogP contribution in [0.1, 0.15) is 108 Å². The molecule has 24 nitrogen and oxygen atoms in total. The third-order valence-electron chi connectivity index (χ3n) is 26.1. The molecular weight excluding hydrogens is 1720 g/mol. The third-order valence-corrected chi connectivity index (χ3v) is 26.1. The van der Waals surface area contributed by atoms with Gasteiger partial charge in [-0.1, -0.05) is 209 Å². The number of carbonyl (C=O) groups excluding carboxylic acids is 10. The summed E-state index contributed by atoms with van der Waals surface area (Å²) in [6.45, 7) is 10.8. The van der Waals surface area contributed by atoms with Crippen molar-refractivity contribution < 1.29 is 57.4 Å². The molecule has 0 atom stereocenters. The Morgan fingerprint density at radius 1 is 0.263 bits per heavy atom. The summed E-state index contributed by atoms with van der Waals surface area (Å²) >= 11 is 0. The highest BCUT2D eigenvalue weighted by Gasteiger charge is 2.46. The van der Waals surface area contributed by atoms with Crippen LogP contribution in [0.4, 0.5) is 22.7 Å². The number of para-hydroxylation sites is 8. The molecule has 0 fully saturated rings. The number of ether oxygens (including phenoxy) is 2. The summed E-state index contributed by atoms with van der Waals surface area (Å²) in [6.07, 6.45) is 1.82. The lowest BCUT2D eigenvalue weighted by atomic mass is 9.77. The third kappa shape index (κ3) is 12.5. The molecule has 8 heterocycles. The van der Waals surface area contributed by atoms with Gasteiger partial charge in [0.25, 0.3) is 47.3 Å². The van der Waals surface area contributed by atoms with E-state index in [0.717, 1.165) is 76.1 Å². The maximum absolute atomic E-state index is 15.9. The summed E-state index contributed by atoms with van der Waals surface area (Å²) in [5.74, 6) is -6.76. The summed E-state index contributed by atoms with van der Waals surface area (Å²) in [4.78, 5) is 179. The number of anilines is 4. The number of aromatic nitrogens is 8. The highest BCUT2D eigenvalue weighted by molar-refractivity contribution is 6.44. The van der Waals surface area contributed by atoms with Crippen molar-refractivity contribution in [3.8, 4) is 79.8 Å². The number of imidazole rings is 4. The van der Waals surface area contributed by atoms with Crippen LogP contribution in [0.15, 0.2) is 365 Å². The van der Waals surface area contributed by atoms with Gasteiger partial charge in [-0.3, -0.25) is 56.6 Å². The fourth-order valence-corrected chi connectivity index (χ4v) is 19.7. The number of hydrogen-bond donors (Lipinski definition) is 0. The second kappa shape index (κ2) is 31.0. The van der Waals surface area contributed by atoms with Gasteiger partial charge in [0.05, 0.1) is 89.6 Å². The number of nitrogens with zero attached hydrogens (tertiary/aromatic N) is 12. The van der Waals surface area contributed by atoms with Crippen LogP contribution in [0.5, 0.6) is 11.5 Å². The molecule has 4 aliphatic heterocycles. The van der Waals surface area contributed by atoms with E-state index in [4.69, 9.17) is 29.4 Å². The van der Waals surface area contributed by atoms with E-state index in [2.05, 4.69) is 13.2 Å². The molecular formula is C113H68N12O12. The first-order chi connectivity index (χ1) is 66.8. The fraction of sp³-hybridized carbons (Fsp3) is 0.0265. The van der Waals surface area contributed by atoms with Crippen molar-refractivity contribution in [1.29, 1.82) is 0 Å². The van der Waals surface area contributed by atoms with Crippen LogP contribution in [-0.4, -0.2) is 97.4 Å². The van der Waals surface area contributed by atoms with Crippen LogP contribution in [0, 0.1) is 0 Å². The minimum atomic E-state index is -1.31. The summed E-state index contributed by atoms with van der Waals surface area (Å²) in [6, 6.07) is 101. The predicted octanol–water partition coefficient (Wildman–Crippen LogP) is 21.7. The highest BCUT2D eigenvalue weighted by atomic mass is 16.5. The van der Waals surface area contributed by atoms with Crippen molar-refractivity contribution in [1.82, 2.24) is 38.2 Å². The van der Waals surface area contributed by atoms with E-state index in [-0.39, 0.29) is 100 Å². The molecule has 0 saturated carbocycles. The Labute approximate surface area is 778 Å². The Hall–Kier alpha value is -19.1. The van der Waals surface area contributed by atoms with Crippen molar-refractivity contribution >= 4 is 148 Å². The molecule has 0 saturated heterocycles. The SMILES string of the molecule is C=CC(=O)Oc1ccc(C(C)(C)c2ccc(OC(=O)C=C)c(N3C(=O)c4ccc5c6c(ccc(c46)C3=O)C(=O)N(c3cc(-n4c(-c6ccccc6)nc6ccccc64)cc(-n4c(-c6ccccc6)nc6ccccc64)c3)C5=O)c2)cc1N1C(=O)c2ccc3c4c(ccc(c24)C1=O)C(=O)N(c1cc(-n2c(-c4ccccc4)nc4ccccc42)cc(-n2c(-c4ccccc4)nc4ccccc42)c1)C3=O. The lowest BCUT2D eigenvalue weighted by Gasteiger charge is -2.34. The zero-order chi connectivity index (χ0) is 93.2. The fourth-order valence-electron chi connectivity index (χ4n) is 19.7. The van der Waals surface area contributed by atoms with E-state index >= 15 is 38.4 Å². The van der Waals surface area contributed by atoms with E-state index in [9.17, 15) is 9.59 Å². The molecule has 652 valence electrons. The second-order valence-electron chi connectivity index (χ2n) is 34.1. The Morgan fingerprint density at radius 3 is 0.723 bits per heavy atom. The highest BCUT2D eigenvalue weighted by Crippen LogP contribution is 2.50. The normalized spacial score (nSPS) is 13.5. The molecule has 0 N–H and O–H groups in total. The van der Waals surface area contributed by atoms with Crippen molar-refractivity contribution in [2.75, 3.05) is 19.6 Å². The van der Waals surface area contributed by atoms with Crippen LogP contribution in [0.2, 0.25) is 0 Å². The quantitative estimate of drug-likeness (QED) is 0.0334. The predicted molar refractivity (Wildman–Crippen MR) is 522 cm³/mol. The van der Waals surface area contributed by atoms with Gasteiger partial charge in [0, 0.05) is 106 Å². The van der Waals surface area contributed by atoms with Gasteiger partial charge in [0.1, 0.15) is 23.3 Å². The molecule has 0 radical (unpaired) electrons. The molecule has 24 heteroatoms. The van der Waals surface area contributed by atoms with Gasteiger partial charge in [0.2, 0.25) is 0 Å². The average Bonchev–Trinajstić information content (AvgIpc) is 1.38. The van der Waals surface area contributed by atoms with Crippen LogP contribution < -0.4 is 29.1 Å². The largest absolute Gasteiger partial charge is 0.421 e. The van der Waals surface area contributed by atoms with Crippen LogP contribution in [0.3, 0.4) is 0 Å². The molecule has 137 heavy (non-hydrogen) atoms. The first kappa shape index (κ1) is 81.2. The second-order valence-corrected chi connectivity index (χ2v) is 34.1. The summed E-state index contributed by atoms with van der Waals surface area (Å²) in [7, 11) is 0. The van der Waals surface area contributed by atoms with Crippen LogP contribution in [-0.2, 0) is 15.0 Å². The standard InChI is InChI=1S/C113H68N12O12/c1-5-95(126)136-93-53-43-67(55-91(93)124-109(132)79-49-45-75-97-76(46-50-80(99(79)97)110(124)133)106(129)122(105(75)128)73-59-69(118-87-39-23-19-35-83(87)114-101(118)63-27-11-7-12-28-63)57-70(60-73)119-88-40-24-20-36-84(88)115-102(119)64-29-13-8-14-30-64)113(3,4)68-44-54-94(137-96(127)6-2)92(56-68)125-111(134)81-51-47-77-98-78(48-52-82(100(81)98)112(125)135)108(131)123(107(77)130)74-61-71(120-89-41-25-21-37-85(89)116-103(120)65-31-15-9-16-32-65)58-72(62-74)121-90-42-26-22-38-86(90)117-104(121)66-33-17-10-18-34-66/h5-62H,1-2H2,3-4H3. The molecule has 4 aliphatic rings. The van der Waals surface area contributed by atoms with Gasteiger partial charge in [-0.2, -0.15) is 0 Å². The monoisotopic (exact) mass is 1780 g/mol. The molecule has 0 aliphatic carbocycles. The number of benzene rings is 16. The number of fused-ring (bicyclic) bond motifs is 4. The van der Waals surface area contributed by atoms with Gasteiger partial charge >= 0.3 is 11.9 Å². The van der Waals surface area contributed by atoms with E-state index in [0.29, 0.717) is 79.2 Å². The number of esters is 2. The zero-order valence-electron chi connectivity index (χ0n) is 72.7. The molecule has 0 bridgehead atoms. The minimum absolute atomic E-state index is 0.00973. The van der Waals surface area contributed by atoms with E-state index in [1.165, 1.54) is 72.8 Å². The van der Waals surface area contributed by atoms with E-state index in [1.807, 2.05) is 249 Å². The topological polar surface area (TPSA) is 273 Å². The van der Waals surface area contributed by atoms with Gasteiger partial charge < -0.3 is 9.47 Å². The molecule has 4 aromatic heterocycles. The number of carbonyl (C=O) groups is 10. The lowest BCUT2D eigenvalue weighted by molar-refractivity contribution is -0.129. The zero-order valence-corrected chi connectivity index (χ0v) is 72.7. The number of amides is 8. The van der Waals surface area contributed by atoms with Gasteiger partial charge in [-0.15, -0.1) is 0 Å². The molecule has 20 aromatic rings. The number of imide groups is 4. The van der Waals surface area contributed by atoms with Crippen molar-refractivity contribution in [2.45, 2.75) is 19.3 Å². The first-order valence-electron chi connectivity index (χ1n) is 43.9. The van der Waals surface area contributed by atoms with Crippen LogP contribution >= 0.6 is 0 Å². The summed E-state index contributed by atoms with van der Waals surface area (Å²) in [5.41, 5.74) is 10.1. The Morgan fingerprint density at radius 2 is 0.482 bits per heavy atom. The lowest BCUT2D eigenvalue weighted by Crippen LogP contribution is -2.44.